The second-order valence-electron chi connectivity index (χ2n) is 3.10. The van der Waals surface area contributed by atoms with Gasteiger partial charge in [-0.1, -0.05) is 19.9 Å². The summed E-state index contributed by atoms with van der Waals surface area (Å²) < 4.78 is 13.3. The van der Waals surface area contributed by atoms with Crippen LogP contribution in [0.4, 0.5) is 4.39 Å². The highest BCUT2D eigenvalue weighted by Crippen LogP contribution is 2.25. The zero-order valence-corrected chi connectivity index (χ0v) is 9.47. The fourth-order valence-corrected chi connectivity index (χ4v) is 1.43. The molecule has 0 unspecified atom stereocenters. The molecule has 2 N–H and O–H groups in total. The van der Waals surface area contributed by atoms with Crippen LogP contribution in [0.3, 0.4) is 0 Å². The number of hydrogen-bond donors (Lipinski definition) is 2. The number of nitrogens with zero attached hydrogens (tertiary/aromatic N) is 1. The third-order valence-electron chi connectivity index (χ3n) is 2.12. The van der Waals surface area contributed by atoms with Crippen molar-refractivity contribution in [3.05, 3.63) is 35.6 Å². The van der Waals surface area contributed by atoms with E-state index in [2.05, 4.69) is 11.0 Å². The maximum absolute atomic E-state index is 13.3. The van der Waals surface area contributed by atoms with Gasteiger partial charge < -0.3 is 5.43 Å². The van der Waals surface area contributed by atoms with E-state index in [1.807, 2.05) is 26.8 Å². The lowest BCUT2D eigenvalue weighted by molar-refractivity contribution is 0.306. The predicted octanol–water partition coefficient (Wildman–Crippen LogP) is 2.73. The monoisotopic (exact) mass is 211 g/mol. The summed E-state index contributed by atoms with van der Waals surface area (Å²) in [5, 5.41) is 1.70. The van der Waals surface area contributed by atoms with Crippen LogP contribution in [0.2, 0.25) is 0 Å². The van der Waals surface area contributed by atoms with Crippen LogP contribution in [-0.4, -0.2) is 5.01 Å². The van der Waals surface area contributed by atoms with Gasteiger partial charge in [-0.2, -0.15) is 0 Å². The van der Waals surface area contributed by atoms with Crippen molar-refractivity contribution in [2.45, 2.75) is 33.6 Å². The van der Waals surface area contributed by atoms with E-state index in [0.717, 1.165) is 18.5 Å². The molecule has 2 aliphatic rings. The van der Waals surface area contributed by atoms with Gasteiger partial charge in [0.05, 0.1) is 11.4 Å². The molecule has 0 aromatic rings. The van der Waals surface area contributed by atoms with E-state index in [9.17, 15) is 4.39 Å². The highest BCUT2D eigenvalue weighted by atomic mass is 19.1. The SMILES string of the molecule is CC.CC1=CNNN1C1=CCCC=C1F. The second-order valence-corrected chi connectivity index (χ2v) is 3.10. The number of halogens is 1. The average molecular weight is 211 g/mol. The largest absolute Gasteiger partial charge is 0.309 e. The Bertz CT molecular complexity index is 305. The molecule has 4 heteroatoms. The Morgan fingerprint density at radius 1 is 1.27 bits per heavy atom. The van der Waals surface area contributed by atoms with Crippen LogP contribution in [0.1, 0.15) is 33.6 Å². The zero-order valence-electron chi connectivity index (χ0n) is 9.47. The van der Waals surface area contributed by atoms with Crippen molar-refractivity contribution in [3.8, 4) is 0 Å². The van der Waals surface area contributed by atoms with E-state index in [0.29, 0.717) is 5.70 Å². The molecule has 3 nitrogen and oxygen atoms in total. The minimum Gasteiger partial charge on any atom is -0.309 e. The molecule has 0 atom stereocenters. The summed E-state index contributed by atoms with van der Waals surface area (Å²) in [5.74, 6) is -0.157. The van der Waals surface area contributed by atoms with E-state index in [-0.39, 0.29) is 5.83 Å². The first kappa shape index (κ1) is 11.8. The van der Waals surface area contributed by atoms with Gasteiger partial charge in [0, 0.05) is 6.20 Å². The summed E-state index contributed by atoms with van der Waals surface area (Å²) in [4.78, 5) is 0. The van der Waals surface area contributed by atoms with E-state index in [1.165, 1.54) is 0 Å². The Balaban J connectivity index is 0.000000531. The second kappa shape index (κ2) is 5.56. The van der Waals surface area contributed by atoms with Crippen LogP contribution >= 0.6 is 0 Å². The molecule has 0 bridgehead atoms. The molecule has 15 heavy (non-hydrogen) atoms. The Morgan fingerprint density at radius 3 is 2.47 bits per heavy atom. The van der Waals surface area contributed by atoms with Gasteiger partial charge in [-0.15, -0.1) is 5.53 Å². The smallest absolute Gasteiger partial charge is 0.144 e. The maximum atomic E-state index is 13.3. The van der Waals surface area contributed by atoms with E-state index in [4.69, 9.17) is 0 Å². The van der Waals surface area contributed by atoms with Crippen molar-refractivity contribution in [1.82, 2.24) is 16.0 Å². The van der Waals surface area contributed by atoms with Crippen molar-refractivity contribution in [1.29, 1.82) is 0 Å². The van der Waals surface area contributed by atoms with Crippen LogP contribution in [0.25, 0.3) is 0 Å². The van der Waals surface area contributed by atoms with Crippen molar-refractivity contribution in [2.24, 2.45) is 0 Å². The lowest BCUT2D eigenvalue weighted by Crippen LogP contribution is -2.36. The van der Waals surface area contributed by atoms with Gasteiger partial charge in [0.15, 0.2) is 0 Å². The van der Waals surface area contributed by atoms with Gasteiger partial charge in [-0.25, -0.2) is 4.39 Å². The minimum absolute atomic E-state index is 0.157. The normalized spacial score (nSPS) is 19.5. The van der Waals surface area contributed by atoms with Crippen LogP contribution in [0, 0.1) is 0 Å². The van der Waals surface area contributed by atoms with E-state index in [1.54, 1.807) is 17.3 Å². The first-order valence-electron chi connectivity index (χ1n) is 5.33. The van der Waals surface area contributed by atoms with Gasteiger partial charge in [0.25, 0.3) is 0 Å². The Kier molecular flexibility index (Phi) is 4.37. The number of hydrazine groups is 2. The molecule has 0 amide bonds. The molecule has 1 aliphatic heterocycles. The molecule has 1 aliphatic carbocycles. The molecule has 0 spiro atoms. The third kappa shape index (κ3) is 2.59. The molecule has 84 valence electrons. The number of hydrogen-bond acceptors (Lipinski definition) is 3. The molecular formula is C11H18FN3. The van der Waals surface area contributed by atoms with E-state index < -0.39 is 0 Å². The highest BCUT2D eigenvalue weighted by Gasteiger charge is 2.19. The molecule has 0 radical (unpaired) electrons. The minimum atomic E-state index is -0.157. The third-order valence-corrected chi connectivity index (χ3v) is 2.12. The van der Waals surface area contributed by atoms with Crippen LogP contribution in [0.5, 0.6) is 0 Å². The highest BCUT2D eigenvalue weighted by molar-refractivity contribution is 5.30. The van der Waals surface area contributed by atoms with Crippen molar-refractivity contribution < 1.29 is 4.39 Å². The first-order chi connectivity index (χ1) is 7.29. The van der Waals surface area contributed by atoms with Crippen LogP contribution in [-0.2, 0) is 0 Å². The van der Waals surface area contributed by atoms with Gasteiger partial charge in [0.1, 0.15) is 5.83 Å². The maximum Gasteiger partial charge on any atom is 0.144 e. The Hall–Kier alpha value is -1.29. The summed E-state index contributed by atoms with van der Waals surface area (Å²) in [5.41, 5.74) is 7.22. The summed E-state index contributed by atoms with van der Waals surface area (Å²) in [6, 6.07) is 0. The number of allylic oxidation sites excluding steroid dienone is 4. The molecule has 0 fully saturated rings. The lowest BCUT2D eigenvalue weighted by Gasteiger charge is -2.23. The lowest BCUT2D eigenvalue weighted by atomic mass is 10.1. The van der Waals surface area contributed by atoms with Crippen LogP contribution in [0.15, 0.2) is 35.6 Å². The number of nitrogens with one attached hydrogen (secondary N) is 2. The zero-order chi connectivity index (χ0) is 11.3. The summed E-state index contributed by atoms with van der Waals surface area (Å²) >= 11 is 0. The van der Waals surface area contributed by atoms with Gasteiger partial charge in [-0.3, -0.25) is 5.01 Å². The Morgan fingerprint density at radius 2 is 1.93 bits per heavy atom. The van der Waals surface area contributed by atoms with Gasteiger partial charge in [-0.05, 0) is 25.8 Å². The Labute approximate surface area is 90.3 Å². The van der Waals surface area contributed by atoms with Crippen LogP contribution < -0.4 is 11.0 Å². The van der Waals surface area contributed by atoms with Gasteiger partial charge in [0.2, 0.25) is 0 Å². The van der Waals surface area contributed by atoms with Crippen molar-refractivity contribution in [3.63, 3.8) is 0 Å². The van der Waals surface area contributed by atoms with Gasteiger partial charge >= 0.3 is 0 Å². The molecule has 1 heterocycles. The summed E-state index contributed by atoms with van der Waals surface area (Å²) in [6.45, 7) is 5.91. The molecule has 0 aromatic carbocycles. The fraction of sp³-hybridized carbons (Fsp3) is 0.455. The quantitative estimate of drug-likeness (QED) is 0.698. The molecule has 2 rings (SSSR count). The molecule has 0 saturated heterocycles. The molecule has 0 aromatic heterocycles. The average Bonchev–Trinajstić information content (AvgIpc) is 2.68. The molecular weight excluding hydrogens is 193 g/mol. The summed E-state index contributed by atoms with van der Waals surface area (Å²) in [7, 11) is 0. The first-order valence-corrected chi connectivity index (χ1v) is 5.33. The fourth-order valence-electron chi connectivity index (χ4n) is 1.43. The van der Waals surface area contributed by atoms with Crippen molar-refractivity contribution in [2.75, 3.05) is 0 Å². The summed E-state index contributed by atoms with van der Waals surface area (Å²) in [6.07, 6.45) is 6.99. The van der Waals surface area contributed by atoms with Crippen molar-refractivity contribution >= 4 is 0 Å². The standard InChI is InChI=1S/C9H12FN3.C2H6/c1-7-6-11-12-13(7)9-5-3-2-4-8(9)10;1-2/h4-6,11-12H,2-3H2,1H3;1-2H3. The molecule has 0 saturated carbocycles. The topological polar surface area (TPSA) is 27.3 Å². The number of rotatable bonds is 1. The van der Waals surface area contributed by atoms with E-state index >= 15 is 0 Å². The predicted molar refractivity (Wildman–Crippen MR) is 59.7 cm³/mol.